The molecule has 0 aliphatic heterocycles. The van der Waals surface area contributed by atoms with Gasteiger partial charge in [-0.3, -0.25) is 0 Å². The Labute approximate surface area is 90.1 Å². The van der Waals surface area contributed by atoms with Crippen LogP contribution >= 0.6 is 0 Å². The predicted molar refractivity (Wildman–Crippen MR) is 66.4 cm³/mol. The molecule has 0 saturated carbocycles. The van der Waals surface area contributed by atoms with Crippen molar-refractivity contribution < 1.29 is 0 Å². The van der Waals surface area contributed by atoms with E-state index in [4.69, 9.17) is 0 Å². The van der Waals surface area contributed by atoms with Crippen molar-refractivity contribution in [1.82, 2.24) is 0 Å². The Morgan fingerprint density at radius 3 is 2.29 bits per heavy atom. The summed E-state index contributed by atoms with van der Waals surface area (Å²) in [5, 5.41) is 0. The number of allylic oxidation sites excluding steroid dienone is 3. The molecular weight excluding hydrogens is 168 g/mol. The SMILES string of the molecule is C=CC=CCC(C)CC(C)C(C)CC. The van der Waals surface area contributed by atoms with Gasteiger partial charge in [-0.2, -0.15) is 0 Å². The van der Waals surface area contributed by atoms with Gasteiger partial charge < -0.3 is 0 Å². The van der Waals surface area contributed by atoms with Gasteiger partial charge in [0.1, 0.15) is 0 Å². The van der Waals surface area contributed by atoms with Crippen LogP contribution in [0.4, 0.5) is 0 Å². The molecule has 0 aliphatic rings. The largest absolute Gasteiger partial charge is 0.0991 e. The van der Waals surface area contributed by atoms with E-state index >= 15 is 0 Å². The first kappa shape index (κ1) is 13.5. The van der Waals surface area contributed by atoms with Crippen LogP contribution in [0.2, 0.25) is 0 Å². The quantitative estimate of drug-likeness (QED) is 0.509. The Hall–Kier alpha value is -0.520. The molecule has 0 nitrogen and oxygen atoms in total. The monoisotopic (exact) mass is 194 g/mol. The van der Waals surface area contributed by atoms with Crippen LogP contribution in [0, 0.1) is 17.8 Å². The maximum absolute atomic E-state index is 3.67. The van der Waals surface area contributed by atoms with E-state index < -0.39 is 0 Å². The lowest BCUT2D eigenvalue weighted by atomic mass is 9.85. The maximum atomic E-state index is 3.67. The average Bonchev–Trinajstić information content (AvgIpc) is 2.16. The molecule has 0 N–H and O–H groups in total. The lowest BCUT2D eigenvalue weighted by Gasteiger charge is -2.21. The molecule has 0 saturated heterocycles. The van der Waals surface area contributed by atoms with Crippen molar-refractivity contribution in [3.63, 3.8) is 0 Å². The normalized spacial score (nSPS) is 18.0. The van der Waals surface area contributed by atoms with Crippen LogP contribution in [0.5, 0.6) is 0 Å². The van der Waals surface area contributed by atoms with Gasteiger partial charge in [0.25, 0.3) is 0 Å². The zero-order valence-electron chi connectivity index (χ0n) is 10.3. The standard InChI is InChI=1S/C14H26/c1-6-8-9-10-12(3)11-14(5)13(4)7-2/h6,8-9,12-14H,1,7,10-11H2,2-5H3. The van der Waals surface area contributed by atoms with Gasteiger partial charge in [0.15, 0.2) is 0 Å². The molecule has 0 aliphatic carbocycles. The Balaban J connectivity index is 3.75. The van der Waals surface area contributed by atoms with Crippen molar-refractivity contribution in [1.29, 1.82) is 0 Å². The van der Waals surface area contributed by atoms with Crippen LogP contribution in [0.25, 0.3) is 0 Å². The molecule has 0 bridgehead atoms. The van der Waals surface area contributed by atoms with Gasteiger partial charge >= 0.3 is 0 Å². The van der Waals surface area contributed by atoms with E-state index in [9.17, 15) is 0 Å². The van der Waals surface area contributed by atoms with Crippen molar-refractivity contribution in [2.45, 2.75) is 47.0 Å². The average molecular weight is 194 g/mol. The first-order valence-corrected chi connectivity index (χ1v) is 5.89. The molecule has 0 radical (unpaired) electrons. The van der Waals surface area contributed by atoms with E-state index in [1.165, 1.54) is 19.3 Å². The van der Waals surface area contributed by atoms with Crippen molar-refractivity contribution >= 4 is 0 Å². The summed E-state index contributed by atoms with van der Waals surface area (Å²) >= 11 is 0. The van der Waals surface area contributed by atoms with Crippen LogP contribution in [-0.2, 0) is 0 Å². The van der Waals surface area contributed by atoms with E-state index in [1.807, 2.05) is 12.2 Å². The Bertz CT molecular complexity index is 167. The van der Waals surface area contributed by atoms with E-state index in [2.05, 4.69) is 40.3 Å². The summed E-state index contributed by atoms with van der Waals surface area (Å²) in [6.07, 6.45) is 9.95. The molecule has 0 heteroatoms. The van der Waals surface area contributed by atoms with Gasteiger partial charge in [-0.25, -0.2) is 0 Å². The fourth-order valence-electron chi connectivity index (χ4n) is 1.77. The van der Waals surface area contributed by atoms with Crippen LogP contribution in [0.3, 0.4) is 0 Å². The highest BCUT2D eigenvalue weighted by Crippen LogP contribution is 2.24. The zero-order valence-corrected chi connectivity index (χ0v) is 10.3. The fourth-order valence-corrected chi connectivity index (χ4v) is 1.77. The Morgan fingerprint density at radius 1 is 1.14 bits per heavy atom. The van der Waals surface area contributed by atoms with Crippen LogP contribution in [-0.4, -0.2) is 0 Å². The second-order valence-corrected chi connectivity index (χ2v) is 4.60. The third-order valence-electron chi connectivity index (χ3n) is 3.20. The lowest BCUT2D eigenvalue weighted by molar-refractivity contribution is 0.308. The predicted octanol–water partition coefficient (Wildman–Crippen LogP) is 4.83. The van der Waals surface area contributed by atoms with Crippen molar-refractivity contribution in [2.75, 3.05) is 0 Å². The van der Waals surface area contributed by atoms with Gasteiger partial charge in [-0.1, -0.05) is 58.9 Å². The molecule has 0 heterocycles. The topological polar surface area (TPSA) is 0 Å². The van der Waals surface area contributed by atoms with Gasteiger partial charge in [-0.15, -0.1) is 0 Å². The molecular formula is C14H26. The molecule has 0 spiro atoms. The van der Waals surface area contributed by atoms with Crippen LogP contribution in [0.1, 0.15) is 47.0 Å². The van der Waals surface area contributed by atoms with E-state index in [0.717, 1.165) is 17.8 Å². The van der Waals surface area contributed by atoms with E-state index in [1.54, 1.807) is 0 Å². The highest BCUT2D eigenvalue weighted by atomic mass is 14.2. The highest BCUT2D eigenvalue weighted by molar-refractivity contribution is 4.97. The Morgan fingerprint density at radius 2 is 1.79 bits per heavy atom. The molecule has 3 unspecified atom stereocenters. The maximum Gasteiger partial charge on any atom is -0.0322 e. The van der Waals surface area contributed by atoms with Crippen LogP contribution in [0.15, 0.2) is 24.8 Å². The molecule has 0 amide bonds. The molecule has 3 atom stereocenters. The minimum atomic E-state index is 0.801. The van der Waals surface area contributed by atoms with E-state index in [0.29, 0.717) is 0 Å². The van der Waals surface area contributed by atoms with E-state index in [-0.39, 0.29) is 0 Å². The summed E-state index contributed by atoms with van der Waals surface area (Å²) in [4.78, 5) is 0. The summed E-state index contributed by atoms with van der Waals surface area (Å²) in [6.45, 7) is 13.0. The molecule has 0 fully saturated rings. The smallest absolute Gasteiger partial charge is 0.0322 e. The Kier molecular flexibility index (Phi) is 7.55. The second kappa shape index (κ2) is 7.84. The molecule has 0 aromatic heterocycles. The minimum absolute atomic E-state index is 0.801. The fraction of sp³-hybridized carbons (Fsp3) is 0.714. The minimum Gasteiger partial charge on any atom is -0.0991 e. The molecule has 14 heavy (non-hydrogen) atoms. The third-order valence-corrected chi connectivity index (χ3v) is 3.20. The van der Waals surface area contributed by atoms with Crippen molar-refractivity contribution in [3.05, 3.63) is 24.8 Å². The summed E-state index contributed by atoms with van der Waals surface area (Å²) in [5.74, 6) is 2.52. The summed E-state index contributed by atoms with van der Waals surface area (Å²) < 4.78 is 0. The van der Waals surface area contributed by atoms with Crippen LogP contribution < -0.4 is 0 Å². The molecule has 0 aromatic carbocycles. The van der Waals surface area contributed by atoms with Gasteiger partial charge in [0, 0.05) is 0 Å². The molecule has 0 rings (SSSR count). The van der Waals surface area contributed by atoms with Gasteiger partial charge in [0.05, 0.1) is 0 Å². The second-order valence-electron chi connectivity index (χ2n) is 4.60. The first-order chi connectivity index (χ1) is 6.61. The lowest BCUT2D eigenvalue weighted by Crippen LogP contribution is -2.10. The highest BCUT2D eigenvalue weighted by Gasteiger charge is 2.12. The van der Waals surface area contributed by atoms with Gasteiger partial charge in [-0.05, 0) is 30.6 Å². The third kappa shape index (κ3) is 6.01. The summed E-state index contributed by atoms with van der Waals surface area (Å²) in [7, 11) is 0. The zero-order chi connectivity index (χ0) is 11.0. The van der Waals surface area contributed by atoms with Gasteiger partial charge in [0.2, 0.25) is 0 Å². The number of hydrogen-bond acceptors (Lipinski definition) is 0. The summed E-state index contributed by atoms with van der Waals surface area (Å²) in [6, 6.07) is 0. The van der Waals surface area contributed by atoms with Crippen molar-refractivity contribution in [2.24, 2.45) is 17.8 Å². The number of rotatable bonds is 7. The molecule has 0 aromatic rings. The molecule has 82 valence electrons. The number of hydrogen-bond donors (Lipinski definition) is 0. The first-order valence-electron chi connectivity index (χ1n) is 5.89. The summed E-state index contributed by atoms with van der Waals surface area (Å²) in [5.41, 5.74) is 0. The van der Waals surface area contributed by atoms with Crippen molar-refractivity contribution in [3.8, 4) is 0 Å².